The van der Waals surface area contributed by atoms with E-state index in [2.05, 4.69) is 9.97 Å². The molecule has 9 nitrogen and oxygen atoms in total. The molecule has 170 valence electrons. The number of benzene rings is 2. The van der Waals surface area contributed by atoms with Gasteiger partial charge in [0.1, 0.15) is 23.6 Å². The van der Waals surface area contributed by atoms with Crippen LogP contribution in [0.5, 0.6) is 5.75 Å². The highest BCUT2D eigenvalue weighted by Gasteiger charge is 2.30. The number of nitrogen functional groups attached to an aromatic ring is 1. The number of esters is 2. The van der Waals surface area contributed by atoms with Crippen molar-refractivity contribution in [2.24, 2.45) is 0 Å². The van der Waals surface area contributed by atoms with Gasteiger partial charge in [0.25, 0.3) is 0 Å². The molecule has 3 aromatic rings. The predicted molar refractivity (Wildman–Crippen MR) is 120 cm³/mol. The van der Waals surface area contributed by atoms with E-state index < -0.39 is 30.1 Å². The van der Waals surface area contributed by atoms with E-state index in [4.69, 9.17) is 25.2 Å². The van der Waals surface area contributed by atoms with Crippen LogP contribution in [0.3, 0.4) is 0 Å². The van der Waals surface area contributed by atoms with Gasteiger partial charge in [-0.3, -0.25) is 9.59 Å². The van der Waals surface area contributed by atoms with Crippen molar-refractivity contribution >= 4 is 28.5 Å². The summed E-state index contributed by atoms with van der Waals surface area (Å²) in [5, 5.41) is 11.1. The molecule has 3 atom stereocenters. The lowest BCUT2D eigenvalue weighted by Gasteiger charge is -2.24. The van der Waals surface area contributed by atoms with Crippen LogP contribution in [-0.2, 0) is 19.1 Å². The van der Waals surface area contributed by atoms with Gasteiger partial charge in [-0.05, 0) is 42.3 Å². The zero-order valence-electron chi connectivity index (χ0n) is 18.7. The summed E-state index contributed by atoms with van der Waals surface area (Å²) >= 11 is 0. The second-order valence-electron chi connectivity index (χ2n) is 7.51. The summed E-state index contributed by atoms with van der Waals surface area (Å²) in [4.78, 5) is 32.6. The Hall–Kier alpha value is -4.19. The highest BCUT2D eigenvalue weighted by atomic mass is 16.6. The summed E-state index contributed by atoms with van der Waals surface area (Å²) in [6.07, 6.45) is -0.657. The number of hydrogen-bond acceptors (Lipinski definition) is 9. The second-order valence-corrected chi connectivity index (χ2v) is 7.51. The summed E-state index contributed by atoms with van der Waals surface area (Å²) in [5.41, 5.74) is 6.44. The van der Waals surface area contributed by atoms with Crippen LogP contribution in [0.4, 0.5) is 5.82 Å². The third-order valence-corrected chi connectivity index (χ3v) is 5.16. The first-order valence-corrected chi connectivity index (χ1v) is 10.2. The Morgan fingerprint density at radius 1 is 1.09 bits per heavy atom. The molecule has 0 fully saturated rings. The van der Waals surface area contributed by atoms with Crippen molar-refractivity contribution in [2.45, 2.75) is 38.9 Å². The molecule has 33 heavy (non-hydrogen) atoms. The molecule has 0 saturated heterocycles. The fourth-order valence-corrected chi connectivity index (χ4v) is 3.33. The maximum atomic E-state index is 12.9. The van der Waals surface area contributed by atoms with E-state index in [1.807, 2.05) is 42.5 Å². The number of fused-ring (bicyclic) bond motifs is 1. The quantitative estimate of drug-likeness (QED) is 0.539. The van der Waals surface area contributed by atoms with Gasteiger partial charge in [0.15, 0.2) is 17.6 Å². The number of carbonyl (C=O) groups is 2. The summed E-state index contributed by atoms with van der Waals surface area (Å²) in [6.45, 7) is 4.54. The fraction of sp³-hybridized carbons (Fsp3) is 0.292. The number of methoxy groups -OCH3 is 1. The number of nitriles is 1. The van der Waals surface area contributed by atoms with Crippen LogP contribution in [0.15, 0.2) is 42.6 Å². The van der Waals surface area contributed by atoms with Crippen molar-refractivity contribution < 1.29 is 23.8 Å². The molecular weight excluding hydrogens is 424 g/mol. The summed E-state index contributed by atoms with van der Waals surface area (Å²) in [6, 6.07) is 13.2. The van der Waals surface area contributed by atoms with Crippen LogP contribution in [-0.4, -0.2) is 35.1 Å². The maximum Gasteiger partial charge on any atom is 0.313 e. The third-order valence-electron chi connectivity index (χ3n) is 5.16. The van der Waals surface area contributed by atoms with Gasteiger partial charge in [0.2, 0.25) is 0 Å². The van der Waals surface area contributed by atoms with Gasteiger partial charge in [0.05, 0.1) is 19.2 Å². The Labute approximate surface area is 191 Å². The smallest absolute Gasteiger partial charge is 0.313 e. The first-order chi connectivity index (χ1) is 15.7. The molecule has 0 aliphatic rings. The van der Waals surface area contributed by atoms with Crippen molar-refractivity contribution in [3.8, 4) is 11.8 Å². The van der Waals surface area contributed by atoms with Crippen molar-refractivity contribution in [3.05, 3.63) is 59.5 Å². The van der Waals surface area contributed by atoms with Crippen molar-refractivity contribution in [3.63, 3.8) is 0 Å². The number of rotatable bonds is 7. The van der Waals surface area contributed by atoms with E-state index in [1.54, 1.807) is 21.0 Å². The first kappa shape index (κ1) is 23.5. The largest absolute Gasteiger partial charge is 0.497 e. The molecule has 2 N–H and O–H groups in total. The van der Waals surface area contributed by atoms with Crippen LogP contribution in [0.25, 0.3) is 10.8 Å². The Morgan fingerprint density at radius 3 is 2.45 bits per heavy atom. The SMILES string of the molecule is COc1ccc2cc(C(C)C(=O)O[C@@H](C)[C@H](OC(C)=O)c3cnc(N)c(C#N)n3)ccc2c1. The average Bonchev–Trinajstić information content (AvgIpc) is 2.81. The molecule has 0 spiro atoms. The zero-order chi connectivity index (χ0) is 24.1. The number of nitrogens with two attached hydrogens (primary N) is 1. The fourth-order valence-electron chi connectivity index (χ4n) is 3.33. The summed E-state index contributed by atoms with van der Waals surface area (Å²) in [7, 11) is 1.61. The molecule has 2 aromatic carbocycles. The standard InChI is InChI=1S/C24H24N4O5/c1-13(16-5-6-18-10-19(31-4)8-7-17(18)9-16)24(30)32-14(2)22(33-15(3)29)21-12-27-23(26)20(11-25)28-21/h5-10,12-14,22H,1-4H3,(H2,26,27)/t13?,14-,22-/m0/s1. The highest BCUT2D eigenvalue weighted by Crippen LogP contribution is 2.28. The van der Waals surface area contributed by atoms with E-state index in [0.29, 0.717) is 0 Å². The molecule has 0 bridgehead atoms. The lowest BCUT2D eigenvalue weighted by Crippen LogP contribution is -2.29. The minimum Gasteiger partial charge on any atom is -0.497 e. The third kappa shape index (κ3) is 5.36. The molecular formula is C24H24N4O5. The maximum absolute atomic E-state index is 12.9. The van der Waals surface area contributed by atoms with E-state index in [-0.39, 0.29) is 17.2 Å². The number of anilines is 1. The molecule has 0 aliphatic carbocycles. The van der Waals surface area contributed by atoms with Crippen molar-refractivity contribution in [2.75, 3.05) is 12.8 Å². The average molecular weight is 448 g/mol. The van der Waals surface area contributed by atoms with E-state index >= 15 is 0 Å². The van der Waals surface area contributed by atoms with Gasteiger partial charge in [-0.25, -0.2) is 9.97 Å². The van der Waals surface area contributed by atoms with E-state index in [9.17, 15) is 9.59 Å². The molecule has 1 heterocycles. The van der Waals surface area contributed by atoms with Crippen molar-refractivity contribution in [1.29, 1.82) is 5.26 Å². The lowest BCUT2D eigenvalue weighted by molar-refractivity contribution is -0.167. The lowest BCUT2D eigenvalue weighted by atomic mass is 9.97. The molecule has 0 saturated carbocycles. The van der Waals surface area contributed by atoms with Crippen LogP contribution in [0, 0.1) is 11.3 Å². The van der Waals surface area contributed by atoms with E-state index in [1.165, 1.54) is 13.1 Å². The number of hydrogen-bond donors (Lipinski definition) is 1. The Kier molecular flexibility index (Phi) is 7.08. The zero-order valence-corrected chi connectivity index (χ0v) is 18.7. The predicted octanol–water partition coefficient (Wildman–Crippen LogP) is 3.43. The van der Waals surface area contributed by atoms with E-state index in [0.717, 1.165) is 22.1 Å². The van der Waals surface area contributed by atoms with Crippen LogP contribution in [0.2, 0.25) is 0 Å². The molecule has 0 radical (unpaired) electrons. The number of carbonyl (C=O) groups excluding carboxylic acids is 2. The van der Waals surface area contributed by atoms with Crippen LogP contribution in [0.1, 0.15) is 49.7 Å². The topological polar surface area (TPSA) is 137 Å². The minimum absolute atomic E-state index is 0.0463. The Bertz CT molecular complexity index is 1240. The van der Waals surface area contributed by atoms with Gasteiger partial charge in [0, 0.05) is 6.92 Å². The van der Waals surface area contributed by atoms with Crippen molar-refractivity contribution in [1.82, 2.24) is 9.97 Å². The second kappa shape index (κ2) is 9.96. The molecule has 1 unspecified atom stereocenters. The number of aromatic nitrogens is 2. The molecule has 0 aliphatic heterocycles. The number of nitrogens with zero attached hydrogens (tertiary/aromatic N) is 3. The van der Waals surface area contributed by atoms with Gasteiger partial charge >= 0.3 is 11.9 Å². The summed E-state index contributed by atoms with van der Waals surface area (Å²) in [5.74, 6) is -0.980. The molecule has 1 aromatic heterocycles. The highest BCUT2D eigenvalue weighted by molar-refractivity contribution is 5.86. The first-order valence-electron chi connectivity index (χ1n) is 10.2. The Morgan fingerprint density at radius 2 is 1.79 bits per heavy atom. The monoisotopic (exact) mass is 448 g/mol. The minimum atomic E-state index is -1.05. The summed E-state index contributed by atoms with van der Waals surface area (Å²) < 4.78 is 16.2. The van der Waals surface area contributed by atoms with Gasteiger partial charge in [-0.1, -0.05) is 24.3 Å². The van der Waals surface area contributed by atoms with Gasteiger partial charge in [-0.2, -0.15) is 5.26 Å². The van der Waals surface area contributed by atoms with Crippen LogP contribution >= 0.6 is 0 Å². The Balaban J connectivity index is 1.81. The van der Waals surface area contributed by atoms with Gasteiger partial charge in [-0.15, -0.1) is 0 Å². The number of ether oxygens (including phenoxy) is 3. The van der Waals surface area contributed by atoms with Gasteiger partial charge < -0.3 is 19.9 Å². The molecule has 0 amide bonds. The molecule has 3 rings (SSSR count). The van der Waals surface area contributed by atoms with Crippen LogP contribution < -0.4 is 10.5 Å². The molecule has 9 heteroatoms. The normalized spacial score (nSPS) is 13.4.